The molecule has 1 aromatic carbocycles. The van der Waals surface area contributed by atoms with Crippen LogP contribution < -0.4 is 10.5 Å². The van der Waals surface area contributed by atoms with Crippen LogP contribution >= 0.6 is 0 Å². The third-order valence-electron chi connectivity index (χ3n) is 2.45. The predicted molar refractivity (Wildman–Crippen MR) is 68.8 cm³/mol. The van der Waals surface area contributed by atoms with E-state index in [1.54, 1.807) is 30.3 Å². The quantitative estimate of drug-likeness (QED) is 0.677. The first-order valence-electron chi connectivity index (χ1n) is 5.54. The van der Waals surface area contributed by atoms with E-state index in [1.807, 2.05) is 0 Å². The number of carboxylic acids is 2. The molecule has 0 aliphatic rings. The fraction of sp³-hybridized carbons (Fsp3) is 0.231. The number of rotatable bonds is 7. The van der Waals surface area contributed by atoms with Crippen LogP contribution in [0, 0.1) is 0 Å². The van der Waals surface area contributed by atoms with Crippen LogP contribution in [0.1, 0.15) is 12.0 Å². The Kier molecular flexibility index (Phi) is 5.08. The van der Waals surface area contributed by atoms with E-state index in [0.29, 0.717) is 5.75 Å². The summed E-state index contributed by atoms with van der Waals surface area (Å²) in [6.07, 6.45) is 0.0211. The lowest BCUT2D eigenvalue weighted by Gasteiger charge is -2.17. The van der Waals surface area contributed by atoms with Crippen LogP contribution in [0.2, 0.25) is 0 Å². The molecule has 0 bridgehead atoms. The van der Waals surface area contributed by atoms with Crippen LogP contribution in [0.4, 0.5) is 0 Å². The average Bonchev–Trinajstić information content (AvgIpc) is 2.38. The molecule has 19 heavy (non-hydrogen) atoms. The molecule has 2 atom stereocenters. The van der Waals surface area contributed by atoms with Crippen LogP contribution in [-0.4, -0.2) is 34.3 Å². The highest BCUT2D eigenvalue weighted by atomic mass is 16.5. The molecule has 0 amide bonds. The topological polar surface area (TPSA) is 110 Å². The fourth-order valence-electron chi connectivity index (χ4n) is 1.38. The molecule has 2 unspecified atom stereocenters. The van der Waals surface area contributed by atoms with Gasteiger partial charge in [-0.05, 0) is 17.7 Å². The van der Waals surface area contributed by atoms with Crippen molar-refractivity contribution in [2.75, 3.05) is 0 Å². The van der Waals surface area contributed by atoms with E-state index in [0.717, 1.165) is 5.56 Å². The van der Waals surface area contributed by atoms with E-state index in [1.165, 1.54) is 0 Å². The van der Waals surface area contributed by atoms with Crippen LogP contribution in [0.5, 0.6) is 5.75 Å². The molecule has 6 nitrogen and oxygen atoms in total. The standard InChI is InChI=1S/C13H15NO5/c1-2-8-3-5-9(6-4-8)19-11(13(17)18)7-10(14)12(15)16/h2-6,10-11H,1,7,14H2,(H,15,16)(H,17,18). The molecule has 0 heterocycles. The number of hydrogen-bond donors (Lipinski definition) is 3. The van der Waals surface area contributed by atoms with Gasteiger partial charge in [0, 0.05) is 6.42 Å². The van der Waals surface area contributed by atoms with E-state index in [4.69, 9.17) is 20.7 Å². The molecule has 102 valence electrons. The summed E-state index contributed by atoms with van der Waals surface area (Å²) in [7, 11) is 0. The van der Waals surface area contributed by atoms with Gasteiger partial charge < -0.3 is 20.7 Å². The SMILES string of the molecule is C=Cc1ccc(OC(CC(N)C(=O)O)C(=O)O)cc1. The molecule has 0 radical (unpaired) electrons. The van der Waals surface area contributed by atoms with Crippen molar-refractivity contribution in [1.29, 1.82) is 0 Å². The number of hydrogen-bond acceptors (Lipinski definition) is 4. The van der Waals surface area contributed by atoms with Gasteiger partial charge in [-0.3, -0.25) is 4.79 Å². The summed E-state index contributed by atoms with van der Waals surface area (Å²) in [4.78, 5) is 21.6. The molecule has 6 heteroatoms. The number of carbonyl (C=O) groups is 2. The fourth-order valence-corrected chi connectivity index (χ4v) is 1.38. The predicted octanol–water partition coefficient (Wildman–Crippen LogP) is 0.964. The highest BCUT2D eigenvalue weighted by Gasteiger charge is 2.26. The molecule has 0 fully saturated rings. The zero-order valence-corrected chi connectivity index (χ0v) is 10.2. The molecule has 4 N–H and O–H groups in total. The van der Waals surface area contributed by atoms with Crippen LogP contribution in [0.25, 0.3) is 6.08 Å². The minimum Gasteiger partial charge on any atom is -0.480 e. The maximum absolute atomic E-state index is 11.0. The number of ether oxygens (including phenoxy) is 1. The van der Waals surface area contributed by atoms with E-state index >= 15 is 0 Å². The Hall–Kier alpha value is -2.34. The lowest BCUT2D eigenvalue weighted by molar-refractivity contribution is -0.146. The van der Waals surface area contributed by atoms with Gasteiger partial charge in [0.05, 0.1) is 0 Å². The third-order valence-corrected chi connectivity index (χ3v) is 2.45. The molecule has 0 aromatic heterocycles. The third kappa shape index (κ3) is 4.44. The maximum Gasteiger partial charge on any atom is 0.344 e. The number of benzene rings is 1. The van der Waals surface area contributed by atoms with Crippen molar-refractivity contribution in [3.05, 3.63) is 36.4 Å². The summed E-state index contributed by atoms with van der Waals surface area (Å²) in [5.41, 5.74) is 6.16. The Labute approximate surface area is 110 Å². The first-order chi connectivity index (χ1) is 8.93. The molecule has 0 aliphatic carbocycles. The normalized spacial score (nSPS) is 13.3. The van der Waals surface area contributed by atoms with Crippen molar-refractivity contribution in [1.82, 2.24) is 0 Å². The van der Waals surface area contributed by atoms with Gasteiger partial charge in [-0.15, -0.1) is 0 Å². The zero-order valence-electron chi connectivity index (χ0n) is 10.2. The molecule has 0 spiro atoms. The Morgan fingerprint density at radius 1 is 1.26 bits per heavy atom. The van der Waals surface area contributed by atoms with Crippen molar-refractivity contribution in [2.24, 2.45) is 5.73 Å². The second-order valence-electron chi connectivity index (χ2n) is 3.90. The molecule has 0 saturated carbocycles. The summed E-state index contributed by atoms with van der Waals surface area (Å²) in [6.45, 7) is 3.59. The molecule has 1 rings (SSSR count). The lowest BCUT2D eigenvalue weighted by Crippen LogP contribution is -2.39. The summed E-state index contributed by atoms with van der Waals surface area (Å²) in [5.74, 6) is -2.20. The minimum absolute atomic E-state index is 0.312. The molecule has 0 aliphatic heterocycles. The van der Waals surface area contributed by atoms with Gasteiger partial charge in [0.1, 0.15) is 11.8 Å². The number of aliphatic carboxylic acids is 2. The highest BCUT2D eigenvalue weighted by Crippen LogP contribution is 2.16. The van der Waals surface area contributed by atoms with Gasteiger partial charge in [-0.1, -0.05) is 24.8 Å². The van der Waals surface area contributed by atoms with Crippen molar-refractivity contribution in [2.45, 2.75) is 18.6 Å². The van der Waals surface area contributed by atoms with Gasteiger partial charge in [-0.2, -0.15) is 0 Å². The second-order valence-corrected chi connectivity index (χ2v) is 3.90. The molecular weight excluding hydrogens is 250 g/mol. The summed E-state index contributed by atoms with van der Waals surface area (Å²) >= 11 is 0. The number of nitrogens with two attached hydrogens (primary N) is 1. The van der Waals surface area contributed by atoms with Gasteiger partial charge in [0.15, 0.2) is 6.10 Å². The second kappa shape index (κ2) is 6.55. The van der Waals surface area contributed by atoms with E-state index in [2.05, 4.69) is 6.58 Å². The van der Waals surface area contributed by atoms with Crippen molar-refractivity contribution < 1.29 is 24.5 Å². The van der Waals surface area contributed by atoms with E-state index < -0.39 is 24.1 Å². The summed E-state index contributed by atoms with van der Waals surface area (Å²) in [6, 6.07) is 5.29. The van der Waals surface area contributed by atoms with Gasteiger partial charge in [0.2, 0.25) is 0 Å². The monoisotopic (exact) mass is 265 g/mol. The van der Waals surface area contributed by atoms with Gasteiger partial charge in [-0.25, -0.2) is 4.79 Å². The van der Waals surface area contributed by atoms with Gasteiger partial charge in [0.25, 0.3) is 0 Å². The first-order valence-corrected chi connectivity index (χ1v) is 5.54. The van der Waals surface area contributed by atoms with Crippen LogP contribution in [-0.2, 0) is 9.59 Å². The Balaban J connectivity index is 2.74. The van der Waals surface area contributed by atoms with Crippen LogP contribution in [0.3, 0.4) is 0 Å². The Morgan fingerprint density at radius 3 is 2.26 bits per heavy atom. The Bertz CT molecular complexity index is 468. The highest BCUT2D eigenvalue weighted by molar-refractivity contribution is 5.77. The van der Waals surface area contributed by atoms with Gasteiger partial charge >= 0.3 is 11.9 Å². The Morgan fingerprint density at radius 2 is 1.84 bits per heavy atom. The maximum atomic E-state index is 11.0. The zero-order chi connectivity index (χ0) is 14.4. The van der Waals surface area contributed by atoms with Crippen molar-refractivity contribution in [3.63, 3.8) is 0 Å². The average molecular weight is 265 g/mol. The molecular formula is C13H15NO5. The summed E-state index contributed by atoms with van der Waals surface area (Å²) < 4.78 is 5.22. The molecule has 1 aromatic rings. The van der Waals surface area contributed by atoms with E-state index in [-0.39, 0.29) is 6.42 Å². The largest absolute Gasteiger partial charge is 0.480 e. The first kappa shape index (κ1) is 14.7. The summed E-state index contributed by atoms with van der Waals surface area (Å²) in [5, 5.41) is 17.6. The minimum atomic E-state index is -1.30. The number of carboxylic acid groups (broad SMARTS) is 2. The molecule has 0 saturated heterocycles. The van der Waals surface area contributed by atoms with Crippen molar-refractivity contribution in [3.8, 4) is 5.75 Å². The van der Waals surface area contributed by atoms with Crippen LogP contribution in [0.15, 0.2) is 30.8 Å². The smallest absolute Gasteiger partial charge is 0.344 e. The lowest BCUT2D eigenvalue weighted by atomic mass is 10.1. The van der Waals surface area contributed by atoms with E-state index in [9.17, 15) is 9.59 Å². The van der Waals surface area contributed by atoms with Crippen molar-refractivity contribution >= 4 is 18.0 Å².